The van der Waals surface area contributed by atoms with Gasteiger partial charge in [-0.3, -0.25) is 9.59 Å². The maximum absolute atomic E-state index is 12.5. The molecule has 1 N–H and O–H groups in total. The summed E-state index contributed by atoms with van der Waals surface area (Å²) in [7, 11) is 0. The maximum Gasteiger partial charge on any atom is 0.323 e. The zero-order chi connectivity index (χ0) is 10.1. The van der Waals surface area contributed by atoms with Crippen molar-refractivity contribution in [3.05, 3.63) is 0 Å². The van der Waals surface area contributed by atoms with Gasteiger partial charge in [0, 0.05) is 12.8 Å². The molecular weight excluding hydrogens is 179 g/mol. The summed E-state index contributed by atoms with van der Waals surface area (Å²) in [5.41, 5.74) is -1.62. The number of carboxylic acids is 1. The highest BCUT2D eigenvalue weighted by atomic mass is 19.1. The lowest BCUT2D eigenvalue weighted by Crippen LogP contribution is -2.51. The minimum Gasteiger partial charge on any atom is -0.480 e. The van der Waals surface area contributed by atoms with Crippen molar-refractivity contribution in [3.8, 4) is 0 Å². The predicted octanol–water partition coefficient (Wildman–Crippen LogP) is 0.752. The highest BCUT2D eigenvalue weighted by Crippen LogP contribution is 2.44. The topological polar surface area (TPSA) is 63.6 Å². The minimum absolute atomic E-state index is 0.116. The standard InChI is InChI=1S/C8H11FO4/c1-2-13-7(12)8(6(10)11)3-5(9)4-8/h5H,2-4H2,1H3,(H,10,11). The third-order valence-electron chi connectivity index (χ3n) is 2.22. The number of carbonyl (C=O) groups excluding carboxylic acids is 1. The van der Waals surface area contributed by atoms with Gasteiger partial charge in [0.1, 0.15) is 6.17 Å². The van der Waals surface area contributed by atoms with Crippen LogP contribution in [0, 0.1) is 5.41 Å². The Morgan fingerprint density at radius 1 is 1.62 bits per heavy atom. The Labute approximate surface area is 74.7 Å². The molecule has 13 heavy (non-hydrogen) atoms. The van der Waals surface area contributed by atoms with Crippen molar-refractivity contribution in [2.75, 3.05) is 6.61 Å². The Morgan fingerprint density at radius 2 is 2.15 bits per heavy atom. The number of aliphatic carboxylic acids is 1. The fourth-order valence-electron chi connectivity index (χ4n) is 1.39. The molecule has 0 saturated heterocycles. The number of alkyl halides is 1. The first-order valence-electron chi connectivity index (χ1n) is 4.07. The molecule has 1 rings (SSSR count). The van der Waals surface area contributed by atoms with E-state index in [2.05, 4.69) is 4.74 Å². The Morgan fingerprint density at radius 3 is 2.46 bits per heavy atom. The van der Waals surface area contributed by atoms with Crippen LogP contribution in [0.15, 0.2) is 0 Å². The normalized spacial score (nSPS) is 32.0. The summed E-state index contributed by atoms with van der Waals surface area (Å²) in [5, 5.41) is 8.73. The zero-order valence-corrected chi connectivity index (χ0v) is 7.25. The molecule has 0 aromatic heterocycles. The van der Waals surface area contributed by atoms with Crippen LogP contribution < -0.4 is 0 Å². The lowest BCUT2D eigenvalue weighted by atomic mass is 9.67. The smallest absolute Gasteiger partial charge is 0.323 e. The molecule has 0 spiro atoms. The fraction of sp³-hybridized carbons (Fsp3) is 0.750. The first kappa shape index (κ1) is 9.95. The van der Waals surface area contributed by atoms with Gasteiger partial charge in [-0.1, -0.05) is 0 Å². The van der Waals surface area contributed by atoms with E-state index in [4.69, 9.17) is 5.11 Å². The summed E-state index contributed by atoms with van der Waals surface area (Å²) in [4.78, 5) is 21.9. The van der Waals surface area contributed by atoms with Gasteiger partial charge in [0.25, 0.3) is 0 Å². The Hall–Kier alpha value is -1.13. The van der Waals surface area contributed by atoms with E-state index in [1.165, 1.54) is 0 Å². The molecule has 0 heterocycles. The van der Waals surface area contributed by atoms with Crippen molar-refractivity contribution < 1.29 is 23.8 Å². The Bertz CT molecular complexity index is 232. The van der Waals surface area contributed by atoms with Gasteiger partial charge >= 0.3 is 11.9 Å². The highest BCUT2D eigenvalue weighted by molar-refractivity contribution is 6.00. The van der Waals surface area contributed by atoms with Gasteiger partial charge in [-0.2, -0.15) is 0 Å². The van der Waals surface area contributed by atoms with E-state index in [1.807, 2.05) is 0 Å². The molecule has 0 aromatic rings. The molecule has 1 aliphatic rings. The molecule has 1 saturated carbocycles. The van der Waals surface area contributed by atoms with Gasteiger partial charge in [-0.05, 0) is 6.92 Å². The van der Waals surface area contributed by atoms with Crippen LogP contribution in [0.25, 0.3) is 0 Å². The minimum atomic E-state index is -1.62. The van der Waals surface area contributed by atoms with Crippen molar-refractivity contribution in [2.45, 2.75) is 25.9 Å². The van der Waals surface area contributed by atoms with Gasteiger partial charge in [0.15, 0.2) is 5.41 Å². The number of hydrogen-bond donors (Lipinski definition) is 1. The molecule has 0 bridgehead atoms. The van der Waals surface area contributed by atoms with E-state index < -0.39 is 23.5 Å². The summed E-state index contributed by atoms with van der Waals surface area (Å²) in [5.74, 6) is -2.11. The van der Waals surface area contributed by atoms with Crippen molar-refractivity contribution in [1.82, 2.24) is 0 Å². The molecule has 4 nitrogen and oxygen atoms in total. The summed E-state index contributed by atoms with van der Waals surface area (Å²) in [6.45, 7) is 1.70. The molecule has 0 unspecified atom stereocenters. The molecular formula is C8H11FO4. The first-order chi connectivity index (χ1) is 6.03. The van der Waals surface area contributed by atoms with Crippen molar-refractivity contribution in [1.29, 1.82) is 0 Å². The summed E-state index contributed by atoms with van der Waals surface area (Å²) < 4.78 is 17.1. The van der Waals surface area contributed by atoms with E-state index in [0.717, 1.165) is 0 Å². The molecule has 1 aliphatic carbocycles. The molecule has 0 atom stereocenters. The second-order valence-corrected chi connectivity index (χ2v) is 3.11. The number of carboxylic acid groups (broad SMARTS) is 1. The molecule has 1 fully saturated rings. The zero-order valence-electron chi connectivity index (χ0n) is 7.25. The average Bonchev–Trinajstić information content (AvgIpc) is 1.98. The van der Waals surface area contributed by atoms with Crippen LogP contribution in [-0.4, -0.2) is 29.8 Å². The van der Waals surface area contributed by atoms with E-state index >= 15 is 0 Å². The second kappa shape index (κ2) is 3.32. The third kappa shape index (κ3) is 1.50. The molecule has 0 aromatic carbocycles. The van der Waals surface area contributed by atoms with Gasteiger partial charge in [0.2, 0.25) is 0 Å². The molecule has 74 valence electrons. The maximum atomic E-state index is 12.5. The van der Waals surface area contributed by atoms with Crippen LogP contribution in [0.4, 0.5) is 4.39 Å². The lowest BCUT2D eigenvalue weighted by Gasteiger charge is -2.37. The van der Waals surface area contributed by atoms with Crippen LogP contribution in [0.5, 0.6) is 0 Å². The third-order valence-corrected chi connectivity index (χ3v) is 2.22. The number of carbonyl (C=O) groups is 2. The first-order valence-corrected chi connectivity index (χ1v) is 4.07. The number of esters is 1. The summed E-state index contributed by atoms with van der Waals surface area (Å²) in [6.07, 6.45) is -1.72. The van der Waals surface area contributed by atoms with Crippen LogP contribution in [0.2, 0.25) is 0 Å². The van der Waals surface area contributed by atoms with Gasteiger partial charge < -0.3 is 9.84 Å². The highest BCUT2D eigenvalue weighted by Gasteiger charge is 2.58. The van der Waals surface area contributed by atoms with Crippen molar-refractivity contribution >= 4 is 11.9 Å². The fourth-order valence-corrected chi connectivity index (χ4v) is 1.39. The largest absolute Gasteiger partial charge is 0.480 e. The number of rotatable bonds is 3. The van der Waals surface area contributed by atoms with Crippen LogP contribution in [-0.2, 0) is 14.3 Å². The quantitative estimate of drug-likeness (QED) is 0.527. The van der Waals surface area contributed by atoms with Crippen LogP contribution in [0.1, 0.15) is 19.8 Å². The Balaban J connectivity index is 2.70. The van der Waals surface area contributed by atoms with Crippen molar-refractivity contribution in [3.63, 3.8) is 0 Å². The van der Waals surface area contributed by atoms with Gasteiger partial charge in [-0.15, -0.1) is 0 Å². The van der Waals surface area contributed by atoms with Gasteiger partial charge in [0.05, 0.1) is 6.61 Å². The average molecular weight is 190 g/mol. The van der Waals surface area contributed by atoms with E-state index in [9.17, 15) is 14.0 Å². The van der Waals surface area contributed by atoms with E-state index in [1.54, 1.807) is 6.92 Å². The lowest BCUT2D eigenvalue weighted by molar-refractivity contribution is -0.180. The number of hydrogen-bond acceptors (Lipinski definition) is 3. The number of ether oxygens (including phenoxy) is 1. The number of halogens is 1. The molecule has 0 aliphatic heterocycles. The molecule has 0 radical (unpaired) electrons. The van der Waals surface area contributed by atoms with Crippen molar-refractivity contribution in [2.24, 2.45) is 5.41 Å². The second-order valence-electron chi connectivity index (χ2n) is 3.11. The SMILES string of the molecule is CCOC(=O)C1(C(=O)O)CC(F)C1. The van der Waals surface area contributed by atoms with Gasteiger partial charge in [-0.25, -0.2) is 4.39 Å². The predicted molar refractivity (Wildman–Crippen MR) is 40.8 cm³/mol. The summed E-state index contributed by atoms with van der Waals surface area (Å²) >= 11 is 0. The van der Waals surface area contributed by atoms with Crippen LogP contribution in [0.3, 0.4) is 0 Å². The van der Waals surface area contributed by atoms with Crippen LogP contribution >= 0.6 is 0 Å². The molecule has 0 amide bonds. The van der Waals surface area contributed by atoms with E-state index in [-0.39, 0.29) is 19.4 Å². The summed E-state index contributed by atoms with van der Waals surface area (Å²) in [6, 6.07) is 0. The van der Waals surface area contributed by atoms with E-state index in [0.29, 0.717) is 0 Å². The Kier molecular flexibility index (Phi) is 2.54. The molecule has 5 heteroatoms. The monoisotopic (exact) mass is 190 g/mol.